The van der Waals surface area contributed by atoms with Crippen LogP contribution in [0.4, 0.5) is 13.2 Å². The van der Waals surface area contributed by atoms with Gasteiger partial charge in [0.2, 0.25) is 5.91 Å². The summed E-state index contributed by atoms with van der Waals surface area (Å²) in [6, 6.07) is 0. The van der Waals surface area contributed by atoms with Gasteiger partial charge in [0.25, 0.3) is 0 Å². The van der Waals surface area contributed by atoms with Gasteiger partial charge in [0, 0.05) is 30.7 Å². The Bertz CT molecular complexity index is 490. The average molecular weight is 352 g/mol. The Balaban J connectivity index is 2.26. The van der Waals surface area contributed by atoms with Gasteiger partial charge >= 0.3 is 0 Å². The van der Waals surface area contributed by atoms with E-state index in [2.05, 4.69) is 10.0 Å². The van der Waals surface area contributed by atoms with Crippen molar-refractivity contribution >= 4 is 17.3 Å². The van der Waals surface area contributed by atoms with Crippen LogP contribution >= 0.6 is 0 Å². The molecule has 0 aromatic carbocycles. The van der Waals surface area contributed by atoms with E-state index in [0.29, 0.717) is 19.4 Å². The summed E-state index contributed by atoms with van der Waals surface area (Å²) in [5.74, 6) is -3.29. The molecule has 132 valence electrons. The number of allylic oxidation sites excluding steroid dienone is 3. The van der Waals surface area contributed by atoms with E-state index in [9.17, 15) is 22.5 Å². The topological polar surface area (TPSA) is 64.2 Å². The molecule has 0 aromatic heterocycles. The molecule has 2 N–H and O–H groups in total. The van der Waals surface area contributed by atoms with E-state index in [4.69, 9.17) is 0 Å². The Labute approximate surface area is 137 Å². The van der Waals surface area contributed by atoms with Gasteiger partial charge in [-0.3, -0.25) is 4.79 Å². The quantitative estimate of drug-likeness (QED) is 0.547. The lowest BCUT2D eigenvalue weighted by Gasteiger charge is -2.23. The molecule has 0 spiro atoms. The molecule has 4 nitrogen and oxygen atoms in total. The van der Waals surface area contributed by atoms with Crippen molar-refractivity contribution in [2.24, 2.45) is 0 Å². The molecule has 1 amide bonds. The van der Waals surface area contributed by atoms with Crippen LogP contribution in [0.2, 0.25) is 0 Å². The molecule has 0 aromatic rings. The van der Waals surface area contributed by atoms with Gasteiger partial charge in [-0.1, -0.05) is 6.08 Å². The Kier molecular flexibility index (Phi) is 7.63. The summed E-state index contributed by atoms with van der Waals surface area (Å²) < 4.78 is 53.7. The van der Waals surface area contributed by atoms with Crippen LogP contribution in [-0.4, -0.2) is 27.9 Å². The monoisotopic (exact) mass is 352 g/mol. The second kappa shape index (κ2) is 8.75. The Morgan fingerprint density at radius 3 is 2.65 bits per heavy atom. The van der Waals surface area contributed by atoms with Gasteiger partial charge in [0.1, 0.15) is 4.75 Å². The predicted octanol–water partition coefficient (Wildman–Crippen LogP) is 3.10. The molecule has 0 aliphatic heterocycles. The average Bonchev–Trinajstić information content (AvgIpc) is 2.46. The first-order valence-electron chi connectivity index (χ1n) is 7.48. The molecule has 23 heavy (non-hydrogen) atoms. The van der Waals surface area contributed by atoms with Crippen molar-refractivity contribution in [2.75, 3.05) is 6.54 Å². The molecule has 2 atom stereocenters. The van der Waals surface area contributed by atoms with Crippen LogP contribution in [0.15, 0.2) is 23.4 Å². The second-order valence-corrected chi connectivity index (χ2v) is 8.31. The highest BCUT2D eigenvalue weighted by atomic mass is 32.2. The standard InChI is InChI=1S/C15H23F3N2O2S/c1-15(2,3)23(22)19-9-5-4-6-12(21)20-11-8-7-10(16)13(17)14(11)18/h8,10,19H,4-7,9H2,1-3H3,(H,20,21). The highest BCUT2D eigenvalue weighted by Gasteiger charge is 2.26. The van der Waals surface area contributed by atoms with Crippen LogP contribution in [0.3, 0.4) is 0 Å². The number of nitrogens with one attached hydrogen (secondary N) is 2. The van der Waals surface area contributed by atoms with Gasteiger partial charge in [0.15, 0.2) is 17.8 Å². The Morgan fingerprint density at radius 1 is 1.39 bits per heavy atom. The first-order valence-corrected chi connectivity index (χ1v) is 8.63. The lowest BCUT2D eigenvalue weighted by atomic mass is 10.1. The van der Waals surface area contributed by atoms with E-state index in [1.165, 1.54) is 0 Å². The van der Waals surface area contributed by atoms with Gasteiger partial charge in [-0.25, -0.2) is 13.2 Å². The van der Waals surface area contributed by atoms with Gasteiger partial charge < -0.3 is 9.87 Å². The van der Waals surface area contributed by atoms with Gasteiger partial charge in [-0.2, -0.15) is 0 Å². The number of carbonyl (C=O) groups is 1. The fraction of sp³-hybridized carbons (Fsp3) is 0.667. The number of carbonyl (C=O) groups excluding carboxylic acids is 1. The van der Waals surface area contributed by atoms with Crippen molar-refractivity contribution in [3.8, 4) is 0 Å². The first-order chi connectivity index (χ1) is 10.6. The van der Waals surface area contributed by atoms with Crippen LogP contribution in [0, 0.1) is 0 Å². The van der Waals surface area contributed by atoms with E-state index in [1.807, 2.05) is 20.8 Å². The molecule has 1 aliphatic carbocycles. The summed E-state index contributed by atoms with van der Waals surface area (Å²) in [5, 5.41) is 2.25. The SMILES string of the molecule is CC(C)(C)[S+]([O-])NCCCCC(=O)NC1=CCC(F)C(F)=C1F. The fourth-order valence-electron chi connectivity index (χ4n) is 1.79. The van der Waals surface area contributed by atoms with E-state index in [1.54, 1.807) is 0 Å². The lowest BCUT2D eigenvalue weighted by molar-refractivity contribution is -0.120. The smallest absolute Gasteiger partial charge is 0.224 e. The highest BCUT2D eigenvalue weighted by molar-refractivity contribution is 7.90. The zero-order valence-corrected chi connectivity index (χ0v) is 14.4. The van der Waals surface area contributed by atoms with Gasteiger partial charge in [-0.15, -0.1) is 4.72 Å². The summed E-state index contributed by atoms with van der Waals surface area (Å²) in [4.78, 5) is 11.7. The highest BCUT2D eigenvalue weighted by Crippen LogP contribution is 2.28. The number of rotatable bonds is 7. The zero-order chi connectivity index (χ0) is 17.6. The summed E-state index contributed by atoms with van der Waals surface area (Å²) in [5.41, 5.74) is -0.312. The maximum atomic E-state index is 13.4. The van der Waals surface area contributed by atoms with Crippen molar-refractivity contribution in [3.05, 3.63) is 23.4 Å². The number of alkyl halides is 1. The molecule has 0 radical (unpaired) electrons. The molecule has 0 heterocycles. The number of halogens is 3. The predicted molar refractivity (Wildman–Crippen MR) is 84.7 cm³/mol. The minimum absolute atomic E-state index is 0.120. The van der Waals surface area contributed by atoms with Gasteiger partial charge in [0.05, 0.1) is 5.70 Å². The zero-order valence-electron chi connectivity index (χ0n) is 13.5. The second-order valence-electron chi connectivity index (χ2n) is 6.26. The van der Waals surface area contributed by atoms with Crippen LogP contribution in [-0.2, 0) is 16.2 Å². The van der Waals surface area contributed by atoms with E-state index in [-0.39, 0.29) is 23.3 Å². The molecule has 8 heteroatoms. The number of hydrogen-bond acceptors (Lipinski definition) is 3. The number of hydrogen-bond donors (Lipinski definition) is 2. The summed E-state index contributed by atoms with van der Waals surface area (Å²) >= 11 is -1.16. The Hall–Kier alpha value is -0.990. The number of unbranched alkanes of at least 4 members (excludes halogenated alkanes) is 1. The summed E-state index contributed by atoms with van der Waals surface area (Å²) in [7, 11) is 0. The maximum Gasteiger partial charge on any atom is 0.224 e. The maximum absolute atomic E-state index is 13.4. The fourth-order valence-corrected chi connectivity index (χ4v) is 2.55. The summed E-state index contributed by atoms with van der Waals surface area (Å²) in [6.07, 6.45) is 0.104. The molecule has 0 fully saturated rings. The van der Waals surface area contributed by atoms with Crippen LogP contribution in [0.1, 0.15) is 46.5 Å². The van der Waals surface area contributed by atoms with E-state index < -0.39 is 35.1 Å². The molecular formula is C15H23F3N2O2S. The third kappa shape index (κ3) is 6.56. The largest absolute Gasteiger partial charge is 0.598 e. The first kappa shape index (κ1) is 20.1. The summed E-state index contributed by atoms with van der Waals surface area (Å²) in [6.45, 7) is 6.05. The molecule has 0 saturated heterocycles. The van der Waals surface area contributed by atoms with Crippen LogP contribution in [0.5, 0.6) is 0 Å². The van der Waals surface area contributed by atoms with Crippen molar-refractivity contribution in [3.63, 3.8) is 0 Å². The minimum Gasteiger partial charge on any atom is -0.598 e. The van der Waals surface area contributed by atoms with Crippen LogP contribution in [0.25, 0.3) is 0 Å². The van der Waals surface area contributed by atoms with Crippen molar-refractivity contribution in [1.82, 2.24) is 10.0 Å². The molecular weight excluding hydrogens is 329 g/mol. The normalized spacial score (nSPS) is 20.3. The molecule has 0 bridgehead atoms. The molecule has 1 rings (SSSR count). The third-order valence-corrected chi connectivity index (χ3v) is 4.72. The van der Waals surface area contributed by atoms with E-state index in [0.717, 1.165) is 6.08 Å². The number of amides is 1. The molecule has 0 saturated carbocycles. The van der Waals surface area contributed by atoms with Crippen LogP contribution < -0.4 is 10.0 Å². The lowest BCUT2D eigenvalue weighted by Crippen LogP contribution is -2.39. The Morgan fingerprint density at radius 2 is 2.04 bits per heavy atom. The minimum atomic E-state index is -1.98. The van der Waals surface area contributed by atoms with Crippen molar-refractivity contribution in [1.29, 1.82) is 0 Å². The molecule has 1 aliphatic rings. The van der Waals surface area contributed by atoms with Crippen molar-refractivity contribution in [2.45, 2.75) is 57.4 Å². The van der Waals surface area contributed by atoms with Gasteiger partial charge in [-0.05, 0) is 33.6 Å². The van der Waals surface area contributed by atoms with E-state index >= 15 is 0 Å². The van der Waals surface area contributed by atoms with Crippen molar-refractivity contribution < 1.29 is 22.5 Å². The molecule has 2 unspecified atom stereocenters. The third-order valence-electron chi connectivity index (χ3n) is 3.14.